The number of thioether (sulfide) groups is 1. The van der Waals surface area contributed by atoms with Gasteiger partial charge in [-0.2, -0.15) is 0 Å². The van der Waals surface area contributed by atoms with E-state index in [2.05, 4.69) is 34.9 Å². The molecule has 0 atom stereocenters. The number of halogens is 2. The Morgan fingerprint density at radius 2 is 1.57 bits per heavy atom. The molecule has 182 valence electrons. The van der Waals surface area contributed by atoms with Crippen LogP contribution in [0.3, 0.4) is 0 Å². The van der Waals surface area contributed by atoms with Gasteiger partial charge in [0.05, 0.1) is 11.4 Å². The highest BCUT2D eigenvalue weighted by atomic mass is 35.5. The molecule has 0 saturated carbocycles. The molecule has 1 fully saturated rings. The Bertz CT molecular complexity index is 1720. The topological polar surface area (TPSA) is 42.3 Å². The molecule has 0 unspecified atom stereocenters. The van der Waals surface area contributed by atoms with Crippen LogP contribution in [0.15, 0.2) is 96.0 Å². The molecule has 2 amide bonds. The maximum absolute atomic E-state index is 14.3. The zero-order valence-electron chi connectivity index (χ0n) is 19.5. The van der Waals surface area contributed by atoms with Crippen molar-refractivity contribution in [3.05, 3.63) is 124 Å². The third kappa shape index (κ3) is 4.32. The first kappa shape index (κ1) is 23.5. The van der Waals surface area contributed by atoms with Crippen LogP contribution in [0.1, 0.15) is 16.7 Å². The van der Waals surface area contributed by atoms with E-state index < -0.39 is 17.0 Å². The second kappa shape index (κ2) is 9.54. The number of aromatic nitrogens is 1. The molecule has 7 heteroatoms. The molecule has 0 spiro atoms. The van der Waals surface area contributed by atoms with Gasteiger partial charge >= 0.3 is 0 Å². The molecule has 0 bridgehead atoms. The summed E-state index contributed by atoms with van der Waals surface area (Å²) in [7, 11) is 0. The van der Waals surface area contributed by atoms with Crippen LogP contribution in [0.5, 0.6) is 0 Å². The third-order valence-corrected chi connectivity index (χ3v) is 7.84. The van der Waals surface area contributed by atoms with Gasteiger partial charge in [-0.1, -0.05) is 78.3 Å². The number of nitrogens with zero attached hydrogens (tertiary/aromatic N) is 2. The van der Waals surface area contributed by atoms with Crippen LogP contribution in [0.2, 0.25) is 5.02 Å². The molecule has 0 aliphatic carbocycles. The largest absolute Gasteiger partial charge is 0.342 e. The predicted octanol–water partition coefficient (Wildman–Crippen LogP) is 7.87. The fourth-order valence-corrected chi connectivity index (χ4v) is 5.81. The quantitative estimate of drug-likeness (QED) is 0.219. The number of fused-ring (bicyclic) bond motifs is 2. The first-order valence-corrected chi connectivity index (χ1v) is 12.9. The Morgan fingerprint density at radius 1 is 0.838 bits per heavy atom. The van der Waals surface area contributed by atoms with E-state index in [9.17, 15) is 14.0 Å². The van der Waals surface area contributed by atoms with Gasteiger partial charge < -0.3 is 4.57 Å². The lowest BCUT2D eigenvalue weighted by molar-refractivity contribution is -0.123. The number of hydrogen-bond donors (Lipinski definition) is 0. The van der Waals surface area contributed by atoms with E-state index in [4.69, 9.17) is 11.6 Å². The fourth-order valence-electron chi connectivity index (χ4n) is 4.75. The van der Waals surface area contributed by atoms with E-state index >= 15 is 0 Å². The third-order valence-electron chi connectivity index (χ3n) is 6.58. The predicted molar refractivity (Wildman–Crippen MR) is 148 cm³/mol. The number of carbonyl (C=O) groups is 2. The average Bonchev–Trinajstić information content (AvgIpc) is 3.38. The number of rotatable bonds is 5. The van der Waals surface area contributed by atoms with Crippen molar-refractivity contribution >= 4 is 62.3 Å². The van der Waals surface area contributed by atoms with Gasteiger partial charge in [-0.15, -0.1) is 0 Å². The number of carbonyl (C=O) groups excluding carboxylic acids is 2. The maximum Gasteiger partial charge on any atom is 0.293 e. The van der Waals surface area contributed by atoms with E-state index in [1.165, 1.54) is 28.5 Å². The van der Waals surface area contributed by atoms with Gasteiger partial charge in [-0.3, -0.25) is 14.5 Å². The normalized spacial score (nSPS) is 15.0. The zero-order chi connectivity index (χ0) is 25.5. The van der Waals surface area contributed by atoms with E-state index in [0.29, 0.717) is 11.4 Å². The first-order valence-electron chi connectivity index (χ1n) is 11.7. The number of amides is 2. The van der Waals surface area contributed by atoms with Gasteiger partial charge in [0.15, 0.2) is 0 Å². The molecule has 1 aliphatic heterocycles. The van der Waals surface area contributed by atoms with Gasteiger partial charge in [-0.25, -0.2) is 4.39 Å². The van der Waals surface area contributed by atoms with Crippen molar-refractivity contribution in [1.82, 2.24) is 9.47 Å². The van der Waals surface area contributed by atoms with Crippen molar-refractivity contribution in [3.8, 4) is 0 Å². The number of benzene rings is 4. The van der Waals surface area contributed by atoms with Crippen LogP contribution in [0.25, 0.3) is 27.8 Å². The minimum absolute atomic E-state index is 0.124. The Hall–Kier alpha value is -3.87. The van der Waals surface area contributed by atoms with E-state index in [-0.39, 0.29) is 17.1 Å². The van der Waals surface area contributed by atoms with E-state index in [1.54, 1.807) is 12.1 Å². The van der Waals surface area contributed by atoms with Gasteiger partial charge in [-0.05, 0) is 52.4 Å². The molecule has 5 aromatic rings. The Kier molecular flexibility index (Phi) is 6.07. The highest BCUT2D eigenvalue weighted by Crippen LogP contribution is 2.36. The van der Waals surface area contributed by atoms with Gasteiger partial charge in [0, 0.05) is 39.8 Å². The summed E-state index contributed by atoms with van der Waals surface area (Å²) in [6, 6.07) is 26.8. The number of para-hydroxylation sites is 1. The fraction of sp³-hybridized carbons (Fsp3) is 0.0667. The average molecular weight is 527 g/mol. The molecular weight excluding hydrogens is 507 g/mol. The molecule has 1 aliphatic rings. The molecule has 4 nitrogen and oxygen atoms in total. The highest BCUT2D eigenvalue weighted by Gasteiger charge is 2.36. The summed E-state index contributed by atoms with van der Waals surface area (Å²) < 4.78 is 16.5. The lowest BCUT2D eigenvalue weighted by Crippen LogP contribution is -2.28. The summed E-state index contributed by atoms with van der Waals surface area (Å²) in [6.07, 6.45) is 3.75. The van der Waals surface area contributed by atoms with Crippen LogP contribution in [0, 0.1) is 5.82 Å². The Morgan fingerprint density at radius 3 is 2.41 bits per heavy atom. The van der Waals surface area contributed by atoms with Crippen LogP contribution in [-0.4, -0.2) is 20.6 Å². The van der Waals surface area contributed by atoms with E-state index in [1.807, 2.05) is 42.6 Å². The van der Waals surface area contributed by atoms with Crippen LogP contribution in [0.4, 0.5) is 9.18 Å². The molecular formula is C30H20ClFN2O2S. The minimum Gasteiger partial charge on any atom is -0.342 e. The first-order chi connectivity index (χ1) is 18.0. The van der Waals surface area contributed by atoms with Crippen molar-refractivity contribution in [3.63, 3.8) is 0 Å². The van der Waals surface area contributed by atoms with Crippen molar-refractivity contribution in [2.75, 3.05) is 0 Å². The SMILES string of the molecule is O=C1S/C(=C\c2cn(Cc3cccc4ccccc34)c3ccccc23)C(=O)N1Cc1c(F)cccc1Cl. The summed E-state index contributed by atoms with van der Waals surface area (Å²) in [4.78, 5) is 27.2. The van der Waals surface area contributed by atoms with Crippen LogP contribution in [-0.2, 0) is 17.9 Å². The smallest absolute Gasteiger partial charge is 0.293 e. The second-order valence-electron chi connectivity index (χ2n) is 8.84. The maximum atomic E-state index is 14.3. The van der Waals surface area contributed by atoms with Crippen molar-refractivity contribution < 1.29 is 14.0 Å². The molecule has 1 aromatic heterocycles. The zero-order valence-corrected chi connectivity index (χ0v) is 21.1. The van der Waals surface area contributed by atoms with Crippen molar-refractivity contribution in [1.29, 1.82) is 0 Å². The highest BCUT2D eigenvalue weighted by molar-refractivity contribution is 8.18. The van der Waals surface area contributed by atoms with Crippen LogP contribution < -0.4 is 0 Å². The Balaban J connectivity index is 1.35. The van der Waals surface area contributed by atoms with Crippen LogP contribution >= 0.6 is 23.4 Å². The van der Waals surface area contributed by atoms with Gasteiger partial charge in [0.1, 0.15) is 5.82 Å². The number of hydrogen-bond acceptors (Lipinski definition) is 3. The molecule has 2 heterocycles. The summed E-state index contributed by atoms with van der Waals surface area (Å²) in [6.45, 7) is 0.444. The minimum atomic E-state index is -0.549. The van der Waals surface area contributed by atoms with Crippen molar-refractivity contribution in [2.45, 2.75) is 13.1 Å². The van der Waals surface area contributed by atoms with Crippen molar-refractivity contribution in [2.24, 2.45) is 0 Å². The summed E-state index contributed by atoms with van der Waals surface area (Å²) in [5, 5.41) is 3.08. The second-order valence-corrected chi connectivity index (χ2v) is 10.2. The Labute approximate surface area is 221 Å². The molecule has 1 saturated heterocycles. The summed E-state index contributed by atoms with van der Waals surface area (Å²) in [5.41, 5.74) is 3.18. The summed E-state index contributed by atoms with van der Waals surface area (Å²) in [5.74, 6) is -1.01. The standard InChI is InChI=1S/C30H20ClFN2O2S/c31-25-12-6-13-26(32)24(25)18-34-29(35)28(37-30(34)36)15-21-17-33(27-14-4-3-11-23(21)27)16-20-9-5-8-19-7-1-2-10-22(19)20/h1-15,17H,16,18H2/b28-15-. The lowest BCUT2D eigenvalue weighted by atomic mass is 10.0. The molecule has 4 aromatic carbocycles. The number of imide groups is 1. The molecule has 37 heavy (non-hydrogen) atoms. The van der Waals surface area contributed by atoms with Gasteiger partial charge in [0.25, 0.3) is 11.1 Å². The monoisotopic (exact) mass is 526 g/mol. The molecule has 6 rings (SSSR count). The lowest BCUT2D eigenvalue weighted by Gasteiger charge is -2.14. The van der Waals surface area contributed by atoms with Gasteiger partial charge in [0.2, 0.25) is 0 Å². The summed E-state index contributed by atoms with van der Waals surface area (Å²) >= 11 is 6.98. The molecule has 0 radical (unpaired) electrons. The van der Waals surface area contributed by atoms with E-state index in [0.717, 1.165) is 33.1 Å². The molecule has 0 N–H and O–H groups in total.